The Kier molecular flexibility index (Phi) is 21.0. The molecule has 4 bridgehead atoms. The number of anilines is 1. The van der Waals surface area contributed by atoms with Crippen molar-refractivity contribution < 1.29 is 52.2 Å². The molecule has 0 radical (unpaired) electrons. The van der Waals surface area contributed by atoms with Crippen LogP contribution in [0.5, 0.6) is 23.0 Å². The van der Waals surface area contributed by atoms with E-state index in [2.05, 4.69) is 32.4 Å². The van der Waals surface area contributed by atoms with Crippen molar-refractivity contribution in [3.05, 3.63) is 69.6 Å². The predicted molar refractivity (Wildman–Crippen MR) is 207 cm³/mol. The number of carbonyl (C=O) groups excluding carboxylic acids is 1. The number of aryl methyl sites for hydroxylation is 1. The second-order valence-corrected chi connectivity index (χ2v) is 12.1. The van der Waals surface area contributed by atoms with Gasteiger partial charge in [0.2, 0.25) is 5.95 Å². The van der Waals surface area contributed by atoms with Gasteiger partial charge in [-0.2, -0.15) is 0 Å². The molecule has 2 amide bonds. The van der Waals surface area contributed by atoms with Gasteiger partial charge in [0.15, 0.2) is 0 Å². The van der Waals surface area contributed by atoms with Crippen LogP contribution < -0.4 is 35.1 Å². The highest BCUT2D eigenvalue weighted by Gasteiger charge is 2.10. The number of hydrogen-bond acceptors (Lipinski definition) is 13. The van der Waals surface area contributed by atoms with Crippen LogP contribution in [0.25, 0.3) is 0 Å². The molecular weight excluding hydrogens is 728 g/mol. The molecule has 4 aliphatic rings. The average Bonchev–Trinajstić information content (AvgIpc) is 3.19. The Balaban J connectivity index is 1.31. The molecule has 2 aromatic carbocycles. The minimum Gasteiger partial charge on any atom is -0.491 e. The third-order valence-electron chi connectivity index (χ3n) is 7.71. The number of benzene rings is 2. The first-order valence-electron chi connectivity index (χ1n) is 18.9. The van der Waals surface area contributed by atoms with Crippen LogP contribution in [0.2, 0.25) is 0 Å². The third-order valence-corrected chi connectivity index (χ3v) is 7.71. The van der Waals surface area contributed by atoms with E-state index in [0.717, 1.165) is 24.3 Å². The van der Waals surface area contributed by atoms with Crippen LogP contribution in [0.3, 0.4) is 0 Å². The van der Waals surface area contributed by atoms with Crippen LogP contribution in [0.1, 0.15) is 36.6 Å². The summed E-state index contributed by atoms with van der Waals surface area (Å²) in [7, 11) is 0. The molecule has 0 unspecified atom stereocenters. The number of H-pyrrole nitrogens is 1. The summed E-state index contributed by atoms with van der Waals surface area (Å²) in [6.45, 7) is 10.4. The summed E-state index contributed by atoms with van der Waals surface area (Å²) < 4.78 is 57.0. The van der Waals surface area contributed by atoms with Crippen LogP contribution in [0.4, 0.5) is 10.7 Å². The number of aromatic nitrogens is 2. The number of nitrogens with one attached hydrogen (secondary N) is 3. The van der Waals surface area contributed by atoms with Crippen molar-refractivity contribution in [2.45, 2.75) is 26.7 Å². The maximum atomic E-state index is 13.0. The SMILES string of the molecule is CCCCNC(=O)Nc1nc(C)c(C#Cc2cc3ccc2OCCOCCOCCOCCOc2ccc(cc2)OCCOCCOCCOCCO3)c(=O)[nH]1. The molecule has 0 aliphatic carbocycles. The van der Waals surface area contributed by atoms with Crippen molar-refractivity contribution in [1.29, 1.82) is 0 Å². The van der Waals surface area contributed by atoms with E-state index in [1.54, 1.807) is 25.1 Å². The van der Waals surface area contributed by atoms with Gasteiger partial charge in [0.05, 0.1) is 90.5 Å². The Morgan fingerprint density at radius 1 is 0.661 bits per heavy atom. The first-order valence-corrected chi connectivity index (χ1v) is 18.9. The highest BCUT2D eigenvalue weighted by Crippen LogP contribution is 2.24. The van der Waals surface area contributed by atoms with Gasteiger partial charge in [-0.1, -0.05) is 25.2 Å². The summed E-state index contributed by atoms with van der Waals surface area (Å²) in [5.41, 5.74) is 0.502. The molecule has 0 atom stereocenters. The molecule has 0 saturated heterocycles. The van der Waals surface area contributed by atoms with Crippen LogP contribution in [-0.4, -0.2) is 128 Å². The molecule has 0 spiro atoms. The van der Waals surface area contributed by atoms with Crippen molar-refractivity contribution in [2.24, 2.45) is 0 Å². The van der Waals surface area contributed by atoms with Crippen LogP contribution in [0.15, 0.2) is 47.3 Å². The summed E-state index contributed by atoms with van der Waals surface area (Å²) in [4.78, 5) is 32.0. The van der Waals surface area contributed by atoms with Crippen LogP contribution in [-0.2, 0) is 28.4 Å². The van der Waals surface area contributed by atoms with Crippen molar-refractivity contribution in [1.82, 2.24) is 15.3 Å². The Hall–Kier alpha value is -4.89. The van der Waals surface area contributed by atoms with Crippen LogP contribution >= 0.6 is 0 Å². The van der Waals surface area contributed by atoms with E-state index < -0.39 is 11.6 Å². The van der Waals surface area contributed by atoms with Crippen molar-refractivity contribution in [3.63, 3.8) is 0 Å². The number of hydrogen-bond donors (Lipinski definition) is 3. The van der Waals surface area contributed by atoms with Gasteiger partial charge in [-0.15, -0.1) is 0 Å². The Labute approximate surface area is 327 Å². The third kappa shape index (κ3) is 17.7. The fourth-order valence-corrected chi connectivity index (χ4v) is 4.86. The predicted octanol–water partition coefficient (Wildman–Crippen LogP) is 3.73. The van der Waals surface area contributed by atoms with E-state index in [1.165, 1.54) is 0 Å². The number of amides is 2. The molecule has 16 nitrogen and oxygen atoms in total. The van der Waals surface area contributed by atoms with Gasteiger partial charge in [-0.3, -0.25) is 15.1 Å². The lowest BCUT2D eigenvalue weighted by Crippen LogP contribution is -2.31. The molecule has 3 N–H and O–H groups in total. The quantitative estimate of drug-likeness (QED) is 0.258. The summed E-state index contributed by atoms with van der Waals surface area (Å²) in [5, 5.41) is 5.27. The average molecular weight is 783 g/mol. The number of nitrogens with zero attached hydrogens (tertiary/aromatic N) is 1. The second-order valence-electron chi connectivity index (χ2n) is 12.1. The summed E-state index contributed by atoms with van der Waals surface area (Å²) >= 11 is 0. The van der Waals surface area contributed by atoms with Gasteiger partial charge in [0.1, 0.15) is 55.0 Å². The Morgan fingerprint density at radius 3 is 1.62 bits per heavy atom. The topological polar surface area (TPSA) is 179 Å². The maximum Gasteiger partial charge on any atom is 0.321 e. The number of unbranched alkanes of at least 4 members (excludes halogenated alkanes) is 1. The lowest BCUT2D eigenvalue weighted by molar-refractivity contribution is 0.00467. The fourth-order valence-electron chi connectivity index (χ4n) is 4.86. The monoisotopic (exact) mass is 782 g/mol. The summed E-state index contributed by atoms with van der Waals surface area (Å²) in [6.07, 6.45) is 1.78. The second kappa shape index (κ2) is 26.8. The van der Waals surface area contributed by atoms with E-state index in [4.69, 9.17) is 47.4 Å². The largest absolute Gasteiger partial charge is 0.491 e. The highest BCUT2D eigenvalue weighted by molar-refractivity contribution is 5.87. The smallest absolute Gasteiger partial charge is 0.321 e. The zero-order valence-electron chi connectivity index (χ0n) is 32.3. The van der Waals surface area contributed by atoms with Gasteiger partial charge in [-0.25, -0.2) is 9.78 Å². The molecule has 0 fully saturated rings. The molecule has 306 valence electrons. The first-order chi connectivity index (χ1) is 27.5. The summed E-state index contributed by atoms with van der Waals surface area (Å²) in [6, 6.07) is 12.2. The standard InChI is InChI=1S/C40H54N4O12/c1-3-4-13-41-40(46)44-39-42-31(2)36(38(45)43-39)11-5-32-30-35-10-12-37(32)56-29-25-52-21-17-48-15-19-50-23-27-54-34-8-6-33(7-9-34)53-26-22-49-18-14-47-16-20-51-24-28-55-35/h6-10,12,30H,3-4,13-29H2,1-2H3,(H3,41,42,43,44,45,46). The first kappa shape index (κ1) is 43.8. The van der Waals surface area contributed by atoms with Gasteiger partial charge in [0.25, 0.3) is 5.56 Å². The molecule has 1 aromatic heterocycles. The lowest BCUT2D eigenvalue weighted by atomic mass is 10.1. The van der Waals surface area contributed by atoms with Crippen molar-refractivity contribution in [3.8, 4) is 34.8 Å². The molecule has 56 heavy (non-hydrogen) atoms. The molecule has 0 saturated carbocycles. The minimum atomic E-state index is -0.491. The Morgan fingerprint density at radius 2 is 1.12 bits per heavy atom. The molecule has 16 heteroatoms. The molecule has 4 aliphatic heterocycles. The molecular formula is C40H54N4O12. The zero-order chi connectivity index (χ0) is 39.5. The van der Waals surface area contributed by atoms with Gasteiger partial charge in [0, 0.05) is 6.54 Å². The number of ether oxygens (including phenoxy) is 10. The van der Waals surface area contributed by atoms with E-state index in [1.807, 2.05) is 31.2 Å². The van der Waals surface area contributed by atoms with E-state index in [-0.39, 0.29) is 24.7 Å². The maximum absolute atomic E-state index is 13.0. The van der Waals surface area contributed by atoms with Gasteiger partial charge >= 0.3 is 6.03 Å². The molecule has 7 rings (SSSR count). The van der Waals surface area contributed by atoms with Crippen LogP contribution in [0, 0.1) is 18.8 Å². The van der Waals surface area contributed by atoms with Crippen molar-refractivity contribution >= 4 is 12.0 Å². The normalized spacial score (nSPS) is 16.3. The van der Waals surface area contributed by atoms with Gasteiger partial charge < -0.3 is 52.7 Å². The number of carbonyl (C=O) groups is 1. The van der Waals surface area contributed by atoms with E-state index in [9.17, 15) is 9.59 Å². The number of rotatable bonds is 4. The highest BCUT2D eigenvalue weighted by atomic mass is 16.6. The van der Waals surface area contributed by atoms with E-state index in [0.29, 0.717) is 122 Å². The number of urea groups is 1. The minimum absolute atomic E-state index is 0.0295. The van der Waals surface area contributed by atoms with E-state index >= 15 is 0 Å². The number of aromatic amines is 1. The lowest BCUT2D eigenvalue weighted by Gasteiger charge is -2.12. The Bertz CT molecular complexity index is 1690. The van der Waals surface area contributed by atoms with Crippen molar-refractivity contribution in [2.75, 3.05) is 118 Å². The molecule has 5 heterocycles. The summed E-state index contributed by atoms with van der Waals surface area (Å²) in [5.74, 6) is 8.46. The fraction of sp³-hybridized carbons (Fsp3) is 0.525. The van der Waals surface area contributed by atoms with Gasteiger partial charge in [-0.05, 0) is 55.8 Å². The molecule has 3 aromatic rings. The zero-order valence-corrected chi connectivity index (χ0v) is 32.3.